The van der Waals surface area contributed by atoms with Crippen molar-refractivity contribution in [2.75, 3.05) is 32.8 Å². The number of aromatic nitrogens is 4. The molecule has 2 aliphatic rings. The van der Waals surface area contributed by atoms with Gasteiger partial charge >= 0.3 is 0 Å². The SMILES string of the molecule is CC(C)C[C@H](c1nnnn1C[C@@H]1CCCO1)N1CCN(Cc2ccccc2)CC1. The van der Waals surface area contributed by atoms with Crippen molar-refractivity contribution < 1.29 is 4.74 Å². The second-order valence-electron chi connectivity index (χ2n) is 8.80. The zero-order valence-corrected chi connectivity index (χ0v) is 17.8. The maximum absolute atomic E-state index is 5.82. The molecule has 29 heavy (non-hydrogen) atoms. The van der Waals surface area contributed by atoms with Crippen LogP contribution in [-0.4, -0.2) is 68.9 Å². The van der Waals surface area contributed by atoms with Crippen molar-refractivity contribution in [3.8, 4) is 0 Å². The van der Waals surface area contributed by atoms with Gasteiger partial charge in [0.05, 0.1) is 18.7 Å². The second-order valence-corrected chi connectivity index (χ2v) is 8.80. The summed E-state index contributed by atoms with van der Waals surface area (Å²) in [6.45, 7) is 11.5. The minimum absolute atomic E-state index is 0.250. The molecule has 0 unspecified atom stereocenters. The van der Waals surface area contributed by atoms with Crippen LogP contribution in [0.3, 0.4) is 0 Å². The van der Waals surface area contributed by atoms with E-state index in [1.54, 1.807) is 0 Å². The fourth-order valence-corrected chi connectivity index (χ4v) is 4.50. The van der Waals surface area contributed by atoms with Crippen LogP contribution in [0.15, 0.2) is 30.3 Å². The summed E-state index contributed by atoms with van der Waals surface area (Å²) in [6, 6.07) is 11.0. The van der Waals surface area contributed by atoms with Gasteiger partial charge in [-0.2, -0.15) is 0 Å². The molecule has 0 N–H and O–H groups in total. The van der Waals surface area contributed by atoms with Gasteiger partial charge in [-0.05, 0) is 41.2 Å². The van der Waals surface area contributed by atoms with Gasteiger partial charge in [-0.1, -0.05) is 44.2 Å². The summed E-state index contributed by atoms with van der Waals surface area (Å²) < 4.78 is 7.82. The number of nitrogens with zero attached hydrogens (tertiary/aromatic N) is 6. The Morgan fingerprint density at radius 1 is 1.10 bits per heavy atom. The van der Waals surface area contributed by atoms with Gasteiger partial charge in [0.2, 0.25) is 0 Å². The second kappa shape index (κ2) is 9.78. The molecular formula is C22H34N6O. The molecule has 0 radical (unpaired) electrons. The van der Waals surface area contributed by atoms with Gasteiger partial charge in [0.1, 0.15) is 0 Å². The molecule has 0 spiro atoms. The minimum atomic E-state index is 0.250. The summed E-state index contributed by atoms with van der Waals surface area (Å²) in [6.07, 6.45) is 3.57. The maximum Gasteiger partial charge on any atom is 0.168 e. The molecule has 2 atom stereocenters. The lowest BCUT2D eigenvalue weighted by Gasteiger charge is -2.39. The van der Waals surface area contributed by atoms with E-state index >= 15 is 0 Å². The number of tetrazole rings is 1. The van der Waals surface area contributed by atoms with E-state index in [4.69, 9.17) is 4.74 Å². The molecule has 7 heteroatoms. The molecule has 4 rings (SSSR count). The van der Waals surface area contributed by atoms with E-state index in [9.17, 15) is 0 Å². The quantitative estimate of drug-likeness (QED) is 0.681. The number of rotatable bonds is 8. The molecule has 2 fully saturated rings. The lowest BCUT2D eigenvalue weighted by Crippen LogP contribution is -2.48. The van der Waals surface area contributed by atoms with E-state index in [0.717, 1.165) is 71.0 Å². The van der Waals surface area contributed by atoms with Gasteiger partial charge in [-0.3, -0.25) is 9.80 Å². The first-order chi connectivity index (χ1) is 14.2. The Labute approximate surface area is 174 Å². The third-order valence-corrected chi connectivity index (χ3v) is 6.05. The van der Waals surface area contributed by atoms with Crippen molar-refractivity contribution in [3.63, 3.8) is 0 Å². The summed E-state index contributed by atoms with van der Waals surface area (Å²) in [5, 5.41) is 12.8. The summed E-state index contributed by atoms with van der Waals surface area (Å²) in [5.41, 5.74) is 1.39. The van der Waals surface area contributed by atoms with Gasteiger partial charge in [0, 0.05) is 39.3 Å². The predicted octanol–water partition coefficient (Wildman–Crippen LogP) is 2.76. The topological polar surface area (TPSA) is 59.3 Å². The van der Waals surface area contributed by atoms with E-state index in [0.29, 0.717) is 5.92 Å². The highest BCUT2D eigenvalue weighted by Gasteiger charge is 2.30. The molecule has 1 aromatic carbocycles. The Morgan fingerprint density at radius 2 is 1.90 bits per heavy atom. The summed E-state index contributed by atoms with van der Waals surface area (Å²) >= 11 is 0. The zero-order chi connectivity index (χ0) is 20.1. The first-order valence-corrected chi connectivity index (χ1v) is 11.1. The minimum Gasteiger partial charge on any atom is -0.376 e. The van der Waals surface area contributed by atoms with Crippen LogP contribution in [0.4, 0.5) is 0 Å². The van der Waals surface area contributed by atoms with Gasteiger partial charge < -0.3 is 4.74 Å². The number of hydrogen-bond donors (Lipinski definition) is 0. The van der Waals surface area contributed by atoms with Crippen LogP contribution in [0.5, 0.6) is 0 Å². The highest BCUT2D eigenvalue weighted by molar-refractivity contribution is 5.14. The van der Waals surface area contributed by atoms with E-state index in [2.05, 4.69) is 69.5 Å². The Bertz CT molecular complexity index is 735. The van der Waals surface area contributed by atoms with Crippen LogP contribution < -0.4 is 0 Å². The third-order valence-electron chi connectivity index (χ3n) is 6.05. The zero-order valence-electron chi connectivity index (χ0n) is 17.8. The van der Waals surface area contributed by atoms with Crippen molar-refractivity contribution in [3.05, 3.63) is 41.7 Å². The van der Waals surface area contributed by atoms with Crippen LogP contribution in [0.2, 0.25) is 0 Å². The van der Waals surface area contributed by atoms with E-state index in [1.165, 1.54) is 5.56 Å². The highest BCUT2D eigenvalue weighted by atomic mass is 16.5. The van der Waals surface area contributed by atoms with E-state index in [1.807, 2.05) is 4.68 Å². The van der Waals surface area contributed by atoms with Crippen LogP contribution in [0, 0.1) is 5.92 Å². The predicted molar refractivity (Wildman–Crippen MR) is 112 cm³/mol. The molecule has 0 bridgehead atoms. The van der Waals surface area contributed by atoms with Crippen LogP contribution in [0.25, 0.3) is 0 Å². The van der Waals surface area contributed by atoms with Crippen molar-refractivity contribution in [2.24, 2.45) is 5.92 Å². The molecule has 0 aliphatic carbocycles. The summed E-state index contributed by atoms with van der Waals surface area (Å²) in [4.78, 5) is 5.13. The Hall–Kier alpha value is -1.83. The Kier molecular flexibility index (Phi) is 6.90. The maximum atomic E-state index is 5.82. The lowest BCUT2D eigenvalue weighted by atomic mass is 10.0. The number of ether oxygens (including phenoxy) is 1. The van der Waals surface area contributed by atoms with Crippen LogP contribution >= 0.6 is 0 Å². The smallest absolute Gasteiger partial charge is 0.168 e. The van der Waals surface area contributed by atoms with Gasteiger partial charge in [-0.15, -0.1) is 5.10 Å². The molecule has 0 amide bonds. The fourth-order valence-electron chi connectivity index (χ4n) is 4.50. The number of piperazine rings is 1. The van der Waals surface area contributed by atoms with Crippen molar-refractivity contribution >= 4 is 0 Å². The first-order valence-electron chi connectivity index (χ1n) is 11.1. The number of hydrogen-bond acceptors (Lipinski definition) is 6. The average molecular weight is 399 g/mol. The molecule has 1 aromatic heterocycles. The molecule has 0 saturated carbocycles. The first kappa shape index (κ1) is 20.4. The van der Waals surface area contributed by atoms with Crippen LogP contribution in [-0.2, 0) is 17.8 Å². The molecule has 2 saturated heterocycles. The molecule has 2 aliphatic heterocycles. The van der Waals surface area contributed by atoms with Gasteiger partial charge in [0.25, 0.3) is 0 Å². The third kappa shape index (κ3) is 5.41. The van der Waals surface area contributed by atoms with Crippen LogP contribution in [0.1, 0.15) is 50.5 Å². The van der Waals surface area contributed by atoms with Crippen molar-refractivity contribution in [2.45, 2.75) is 58.3 Å². The molecule has 2 aromatic rings. The summed E-state index contributed by atoms with van der Waals surface area (Å²) in [7, 11) is 0. The largest absolute Gasteiger partial charge is 0.376 e. The van der Waals surface area contributed by atoms with Gasteiger partial charge in [-0.25, -0.2) is 4.68 Å². The van der Waals surface area contributed by atoms with E-state index < -0.39 is 0 Å². The molecular weight excluding hydrogens is 364 g/mol. The lowest BCUT2D eigenvalue weighted by molar-refractivity contribution is 0.0697. The summed E-state index contributed by atoms with van der Waals surface area (Å²) in [5.74, 6) is 1.60. The van der Waals surface area contributed by atoms with Crippen molar-refractivity contribution in [1.29, 1.82) is 0 Å². The van der Waals surface area contributed by atoms with E-state index in [-0.39, 0.29) is 12.1 Å². The highest BCUT2D eigenvalue weighted by Crippen LogP contribution is 2.28. The van der Waals surface area contributed by atoms with Gasteiger partial charge in [0.15, 0.2) is 5.82 Å². The Balaban J connectivity index is 1.41. The monoisotopic (exact) mass is 398 g/mol. The molecule has 3 heterocycles. The number of benzene rings is 1. The Morgan fingerprint density at radius 3 is 2.59 bits per heavy atom. The average Bonchev–Trinajstić information content (AvgIpc) is 3.40. The standard InChI is InChI=1S/C22H34N6O/c1-18(2)15-21(22-23-24-25-28(22)17-20-9-6-14-29-20)27-12-10-26(11-13-27)16-19-7-4-3-5-8-19/h3-5,7-8,18,20-21H,6,9-17H2,1-2H3/t20-,21+/m0/s1. The molecule has 158 valence electrons. The fraction of sp³-hybridized carbons (Fsp3) is 0.682. The molecule has 7 nitrogen and oxygen atoms in total. The van der Waals surface area contributed by atoms with Crippen molar-refractivity contribution in [1.82, 2.24) is 30.0 Å². The normalized spacial score (nSPS) is 22.4.